The van der Waals surface area contributed by atoms with Gasteiger partial charge in [-0.25, -0.2) is 4.99 Å². The average molecular weight is 277 g/mol. The van der Waals surface area contributed by atoms with Crippen molar-refractivity contribution in [3.63, 3.8) is 0 Å². The maximum atomic E-state index is 8.62. The quantitative estimate of drug-likeness (QED) is 0.389. The van der Waals surface area contributed by atoms with E-state index in [1.54, 1.807) is 0 Å². The molecule has 1 aromatic rings. The van der Waals surface area contributed by atoms with Crippen LogP contribution in [0.3, 0.4) is 0 Å². The van der Waals surface area contributed by atoms with Crippen molar-refractivity contribution in [1.82, 2.24) is 5.32 Å². The topological polar surface area (TPSA) is 66.6 Å². The lowest BCUT2D eigenvalue weighted by molar-refractivity contribution is -0.149. The highest BCUT2D eigenvalue weighted by molar-refractivity contribution is 8.13. The second-order valence-electron chi connectivity index (χ2n) is 4.05. The van der Waals surface area contributed by atoms with Gasteiger partial charge in [0, 0.05) is 5.56 Å². The van der Waals surface area contributed by atoms with Gasteiger partial charge in [-0.3, -0.25) is 5.32 Å². The first-order valence-corrected chi connectivity index (χ1v) is 7.06. The van der Waals surface area contributed by atoms with Crippen LogP contribution in [0.15, 0.2) is 29.3 Å². The summed E-state index contributed by atoms with van der Waals surface area (Å²) in [6.07, 6.45) is 3.72. The first-order valence-electron chi connectivity index (χ1n) is 5.84. The van der Waals surface area contributed by atoms with Crippen molar-refractivity contribution in [2.24, 2.45) is 4.99 Å². The minimum atomic E-state index is -0.701. The molecule has 0 unspecified atom stereocenters. The van der Waals surface area contributed by atoms with Crippen LogP contribution in [0.5, 0.6) is 0 Å². The Bertz CT molecular complexity index is 519. The van der Waals surface area contributed by atoms with Gasteiger partial charge in [-0.15, -0.1) is 0 Å². The predicted octanol–water partition coefficient (Wildman–Crippen LogP) is 2.33. The van der Waals surface area contributed by atoms with Crippen molar-refractivity contribution in [3.8, 4) is 6.19 Å². The molecule has 100 valence electrons. The van der Waals surface area contributed by atoms with Gasteiger partial charge in [-0.1, -0.05) is 23.9 Å². The van der Waals surface area contributed by atoms with E-state index in [1.807, 2.05) is 43.6 Å². The molecule has 1 saturated heterocycles. The number of nitrogens with zero attached hydrogens (tertiary/aromatic N) is 2. The fraction of sp³-hybridized carbons (Fsp3) is 0.385. The van der Waals surface area contributed by atoms with E-state index in [0.29, 0.717) is 18.4 Å². The van der Waals surface area contributed by atoms with Crippen LogP contribution >= 0.6 is 11.8 Å². The minimum absolute atomic E-state index is 0.554. The van der Waals surface area contributed by atoms with Crippen molar-refractivity contribution in [2.75, 3.05) is 19.5 Å². The third-order valence-electron chi connectivity index (χ3n) is 2.80. The Morgan fingerprint density at radius 1 is 1.47 bits per heavy atom. The van der Waals surface area contributed by atoms with Crippen molar-refractivity contribution in [1.29, 1.82) is 5.26 Å². The zero-order valence-corrected chi connectivity index (χ0v) is 11.7. The van der Waals surface area contributed by atoms with E-state index in [2.05, 4.69) is 10.3 Å². The second kappa shape index (κ2) is 6.06. The molecular formula is C13H15N3O2S. The molecule has 0 aliphatic carbocycles. The third kappa shape index (κ3) is 3.26. The van der Waals surface area contributed by atoms with Crippen LogP contribution in [0.25, 0.3) is 0 Å². The molecule has 1 fully saturated rings. The number of ether oxygens (including phenoxy) is 2. The number of amidine groups is 1. The van der Waals surface area contributed by atoms with Crippen LogP contribution in [0.2, 0.25) is 0 Å². The predicted molar refractivity (Wildman–Crippen MR) is 75.1 cm³/mol. The van der Waals surface area contributed by atoms with E-state index in [4.69, 9.17) is 14.7 Å². The Labute approximate surface area is 116 Å². The molecule has 0 spiro atoms. The number of hydrogen-bond donors (Lipinski definition) is 1. The van der Waals surface area contributed by atoms with Crippen LogP contribution in [0.1, 0.15) is 12.5 Å². The fourth-order valence-electron chi connectivity index (χ4n) is 1.83. The summed E-state index contributed by atoms with van der Waals surface area (Å²) in [6, 6.07) is 7.62. The van der Waals surface area contributed by atoms with Gasteiger partial charge in [0.2, 0.25) is 0 Å². The van der Waals surface area contributed by atoms with Crippen molar-refractivity contribution in [3.05, 3.63) is 29.8 Å². The number of benzene rings is 1. The number of nitrogens with one attached hydrogen (secondary N) is 1. The summed E-state index contributed by atoms with van der Waals surface area (Å²) in [4.78, 5) is 4.36. The number of rotatable bonds is 2. The Kier molecular flexibility index (Phi) is 4.43. The van der Waals surface area contributed by atoms with Crippen LogP contribution in [-0.4, -0.2) is 24.6 Å². The van der Waals surface area contributed by atoms with Gasteiger partial charge in [0.1, 0.15) is 0 Å². The lowest BCUT2D eigenvalue weighted by Crippen LogP contribution is -2.22. The largest absolute Gasteiger partial charge is 0.344 e. The monoisotopic (exact) mass is 277 g/mol. The summed E-state index contributed by atoms with van der Waals surface area (Å²) < 4.78 is 11.2. The van der Waals surface area contributed by atoms with E-state index in [0.717, 1.165) is 11.3 Å². The molecule has 1 aliphatic rings. The number of nitriles is 1. The smallest absolute Gasteiger partial charge is 0.192 e. The fourth-order valence-corrected chi connectivity index (χ4v) is 2.17. The zero-order valence-electron chi connectivity index (χ0n) is 10.8. The Morgan fingerprint density at radius 3 is 2.84 bits per heavy atom. The van der Waals surface area contributed by atoms with E-state index in [-0.39, 0.29) is 0 Å². The van der Waals surface area contributed by atoms with Gasteiger partial charge < -0.3 is 9.47 Å². The highest BCUT2D eigenvalue weighted by atomic mass is 32.2. The summed E-state index contributed by atoms with van der Waals surface area (Å²) >= 11 is 1.38. The standard InChI is InChI=1S/C13H15N3O2S/c1-13(17-6-7-18-13)10-4-3-5-11(8-10)16-12(19-2)15-9-14/h3-5,8H,6-7H2,1-2H3,(H,15,16). The highest BCUT2D eigenvalue weighted by Crippen LogP contribution is 2.32. The lowest BCUT2D eigenvalue weighted by Gasteiger charge is -2.22. The van der Waals surface area contributed by atoms with Crippen molar-refractivity contribution < 1.29 is 9.47 Å². The molecule has 0 bridgehead atoms. The molecule has 0 amide bonds. The first kappa shape index (κ1) is 13.9. The minimum Gasteiger partial charge on any atom is -0.344 e. The van der Waals surface area contributed by atoms with Gasteiger partial charge >= 0.3 is 0 Å². The summed E-state index contributed by atoms with van der Waals surface area (Å²) in [7, 11) is 0. The van der Waals surface area contributed by atoms with Crippen LogP contribution < -0.4 is 5.32 Å². The third-order valence-corrected chi connectivity index (χ3v) is 3.38. The summed E-state index contributed by atoms with van der Waals surface area (Å²) in [5, 5.41) is 11.7. The Balaban J connectivity index is 2.27. The summed E-state index contributed by atoms with van der Waals surface area (Å²) in [6.45, 7) is 3.08. The zero-order chi connectivity index (χ0) is 13.7. The Hall–Kier alpha value is -1.55. The van der Waals surface area contributed by atoms with E-state index in [9.17, 15) is 0 Å². The van der Waals surface area contributed by atoms with E-state index < -0.39 is 5.79 Å². The van der Waals surface area contributed by atoms with Gasteiger partial charge in [-0.05, 0) is 25.3 Å². The molecule has 1 N–H and O–H groups in total. The molecule has 6 heteroatoms. The molecule has 1 aromatic carbocycles. The average Bonchev–Trinajstić information content (AvgIpc) is 2.87. The maximum absolute atomic E-state index is 8.62. The maximum Gasteiger partial charge on any atom is 0.192 e. The van der Waals surface area contributed by atoms with Crippen LogP contribution in [0, 0.1) is 11.5 Å². The van der Waals surface area contributed by atoms with Crippen molar-refractivity contribution in [2.45, 2.75) is 12.7 Å². The van der Waals surface area contributed by atoms with Gasteiger partial charge in [-0.2, -0.15) is 5.26 Å². The molecule has 1 aliphatic heterocycles. The molecule has 2 rings (SSSR count). The molecule has 0 aromatic heterocycles. The normalized spacial score (nSPS) is 18.1. The molecule has 0 radical (unpaired) electrons. The van der Waals surface area contributed by atoms with Gasteiger partial charge in [0.15, 0.2) is 17.1 Å². The van der Waals surface area contributed by atoms with Crippen molar-refractivity contribution >= 4 is 22.6 Å². The molecular weight excluding hydrogens is 262 g/mol. The van der Waals surface area contributed by atoms with E-state index in [1.165, 1.54) is 11.8 Å². The molecule has 0 saturated carbocycles. The second-order valence-corrected chi connectivity index (χ2v) is 4.85. The molecule has 1 heterocycles. The number of thioether (sulfide) groups is 1. The number of aliphatic imine (C=N–C) groups is 1. The Morgan fingerprint density at radius 2 is 2.21 bits per heavy atom. The number of hydrogen-bond acceptors (Lipinski definition) is 5. The first-order chi connectivity index (χ1) is 9.18. The van der Waals surface area contributed by atoms with Gasteiger partial charge in [0.05, 0.1) is 18.9 Å². The lowest BCUT2D eigenvalue weighted by atomic mass is 10.1. The summed E-state index contributed by atoms with van der Waals surface area (Å²) in [5.74, 6) is -0.701. The molecule has 19 heavy (non-hydrogen) atoms. The SMILES string of the molecule is CSC(=Nc1cccc(C2(C)OCCO2)c1)NC#N. The van der Waals surface area contributed by atoms with Crippen LogP contribution in [-0.2, 0) is 15.3 Å². The van der Waals surface area contributed by atoms with E-state index >= 15 is 0 Å². The molecule has 0 atom stereocenters. The van der Waals surface area contributed by atoms with Gasteiger partial charge in [0.25, 0.3) is 0 Å². The van der Waals surface area contributed by atoms with Crippen LogP contribution in [0.4, 0.5) is 5.69 Å². The summed E-state index contributed by atoms with van der Waals surface area (Å²) in [5.41, 5.74) is 1.67. The molecule has 5 nitrogen and oxygen atoms in total. The highest BCUT2D eigenvalue weighted by Gasteiger charge is 2.33.